The van der Waals surface area contributed by atoms with Crippen molar-refractivity contribution in [2.75, 3.05) is 0 Å². The molecule has 0 saturated heterocycles. The first-order valence-corrected chi connectivity index (χ1v) is 13.0. The Morgan fingerprint density at radius 2 is 1.61 bits per heavy atom. The molecular weight excluding hydrogens is 421 g/mol. The summed E-state index contributed by atoms with van der Waals surface area (Å²) in [4.78, 5) is 0. The van der Waals surface area contributed by atoms with Crippen molar-refractivity contribution in [2.45, 2.75) is 103 Å². The van der Waals surface area contributed by atoms with E-state index in [2.05, 4.69) is 6.92 Å². The fraction of sp³-hybridized carbons (Fsp3) is 0.586. The van der Waals surface area contributed by atoms with E-state index in [0.717, 1.165) is 37.2 Å². The van der Waals surface area contributed by atoms with Crippen LogP contribution in [0, 0.1) is 11.7 Å². The van der Waals surface area contributed by atoms with Gasteiger partial charge in [-0.2, -0.15) is 8.78 Å². The molecule has 1 nitrogen and oxygen atoms in total. The lowest BCUT2D eigenvalue weighted by atomic mass is 9.76. The van der Waals surface area contributed by atoms with Gasteiger partial charge in [0.2, 0.25) is 0 Å². The molecule has 4 heteroatoms. The van der Waals surface area contributed by atoms with E-state index < -0.39 is 11.9 Å². The lowest BCUT2D eigenvalue weighted by Gasteiger charge is -2.32. The molecule has 0 unspecified atom stereocenters. The molecule has 180 valence electrons. The maximum absolute atomic E-state index is 15.1. The van der Waals surface area contributed by atoms with Gasteiger partial charge >= 0.3 is 6.11 Å². The first-order chi connectivity index (χ1) is 15.9. The zero-order valence-corrected chi connectivity index (χ0v) is 20.1. The number of rotatable bonds is 9. The van der Waals surface area contributed by atoms with E-state index in [4.69, 9.17) is 4.74 Å². The minimum atomic E-state index is -3.53. The Balaban J connectivity index is 1.51. The minimum absolute atomic E-state index is 0.130. The van der Waals surface area contributed by atoms with E-state index in [-0.39, 0.29) is 11.3 Å². The summed E-state index contributed by atoms with van der Waals surface area (Å²) in [7, 11) is 0. The van der Waals surface area contributed by atoms with Crippen molar-refractivity contribution in [1.29, 1.82) is 0 Å². The third-order valence-corrected chi connectivity index (χ3v) is 7.64. The molecule has 0 N–H and O–H groups in total. The second-order valence-corrected chi connectivity index (χ2v) is 10.0. The fourth-order valence-corrected chi connectivity index (χ4v) is 5.59. The predicted molar refractivity (Wildman–Crippen MR) is 128 cm³/mol. The Morgan fingerprint density at radius 1 is 0.879 bits per heavy atom. The number of ether oxygens (including phenoxy) is 1. The molecule has 0 amide bonds. The molecule has 1 aliphatic heterocycles. The summed E-state index contributed by atoms with van der Waals surface area (Å²) < 4.78 is 50.1. The number of alkyl halides is 2. The maximum atomic E-state index is 15.1. The summed E-state index contributed by atoms with van der Waals surface area (Å²) in [6.07, 6.45) is 9.68. The van der Waals surface area contributed by atoms with Gasteiger partial charge in [0.15, 0.2) is 11.6 Å². The summed E-state index contributed by atoms with van der Waals surface area (Å²) in [5, 5.41) is 0. The molecule has 0 spiro atoms. The van der Waals surface area contributed by atoms with Gasteiger partial charge in [-0.15, -0.1) is 0 Å². The van der Waals surface area contributed by atoms with Gasteiger partial charge in [0.05, 0.1) is 5.56 Å². The van der Waals surface area contributed by atoms with E-state index in [1.54, 1.807) is 24.3 Å². The third kappa shape index (κ3) is 5.25. The molecule has 1 heterocycles. The van der Waals surface area contributed by atoms with Gasteiger partial charge in [0.1, 0.15) is 0 Å². The first kappa shape index (κ1) is 24.2. The van der Waals surface area contributed by atoms with Gasteiger partial charge in [-0.1, -0.05) is 76.6 Å². The van der Waals surface area contributed by atoms with Gasteiger partial charge in [0, 0.05) is 5.56 Å². The van der Waals surface area contributed by atoms with E-state index in [0.29, 0.717) is 29.0 Å². The van der Waals surface area contributed by atoms with Crippen molar-refractivity contribution >= 4 is 0 Å². The SMILES string of the molecule is CCCCCCC1CCC(c2ccc3c(c2)C(F)(F)Oc2c-3ccc(CCCC)c2F)CC1. The van der Waals surface area contributed by atoms with Gasteiger partial charge in [0.25, 0.3) is 0 Å². The number of fused-ring (bicyclic) bond motifs is 3. The zero-order chi connectivity index (χ0) is 23.4. The van der Waals surface area contributed by atoms with Crippen molar-refractivity contribution in [2.24, 2.45) is 5.92 Å². The number of halogens is 3. The molecule has 0 radical (unpaired) electrons. The molecule has 2 aromatic rings. The van der Waals surface area contributed by atoms with Gasteiger partial charge < -0.3 is 4.74 Å². The Hall–Kier alpha value is -1.97. The smallest absolute Gasteiger partial charge is 0.425 e. The zero-order valence-electron chi connectivity index (χ0n) is 20.1. The largest absolute Gasteiger partial charge is 0.427 e. The van der Waals surface area contributed by atoms with Crippen LogP contribution in [0.4, 0.5) is 13.2 Å². The summed E-state index contributed by atoms with van der Waals surface area (Å²) in [5.74, 6) is 0.134. The molecule has 1 fully saturated rings. The summed E-state index contributed by atoms with van der Waals surface area (Å²) >= 11 is 0. The van der Waals surface area contributed by atoms with Crippen LogP contribution in [0.1, 0.15) is 107 Å². The Bertz CT molecular complexity index is 944. The van der Waals surface area contributed by atoms with Crippen LogP contribution in [-0.4, -0.2) is 0 Å². The number of unbranched alkanes of at least 4 members (excludes halogenated alkanes) is 4. The highest BCUT2D eigenvalue weighted by molar-refractivity contribution is 5.77. The fourth-order valence-electron chi connectivity index (χ4n) is 5.59. The van der Waals surface area contributed by atoms with Crippen LogP contribution in [0.15, 0.2) is 30.3 Å². The predicted octanol–water partition coefficient (Wildman–Crippen LogP) is 9.52. The lowest BCUT2D eigenvalue weighted by molar-refractivity contribution is -0.188. The second kappa shape index (κ2) is 10.5. The number of aryl methyl sites for hydroxylation is 1. The minimum Gasteiger partial charge on any atom is -0.425 e. The van der Waals surface area contributed by atoms with Crippen LogP contribution in [0.5, 0.6) is 5.75 Å². The molecule has 1 saturated carbocycles. The Kier molecular flexibility index (Phi) is 7.71. The van der Waals surface area contributed by atoms with Crippen molar-refractivity contribution < 1.29 is 17.9 Å². The normalized spacial score (nSPS) is 21.2. The van der Waals surface area contributed by atoms with Crippen molar-refractivity contribution in [1.82, 2.24) is 0 Å². The average molecular weight is 459 g/mol. The Morgan fingerprint density at radius 3 is 2.33 bits per heavy atom. The van der Waals surface area contributed by atoms with Crippen molar-refractivity contribution in [3.05, 3.63) is 52.8 Å². The second-order valence-electron chi connectivity index (χ2n) is 10.0. The first-order valence-electron chi connectivity index (χ1n) is 13.0. The number of benzene rings is 2. The molecule has 0 bridgehead atoms. The van der Waals surface area contributed by atoms with Crippen LogP contribution in [0.2, 0.25) is 0 Å². The molecule has 4 rings (SSSR count). The van der Waals surface area contributed by atoms with Gasteiger partial charge in [-0.05, 0) is 73.1 Å². The van der Waals surface area contributed by atoms with Crippen molar-refractivity contribution in [3.8, 4) is 16.9 Å². The third-order valence-electron chi connectivity index (χ3n) is 7.64. The summed E-state index contributed by atoms with van der Waals surface area (Å²) in [5.41, 5.74) is 2.09. The summed E-state index contributed by atoms with van der Waals surface area (Å²) in [6.45, 7) is 4.26. The van der Waals surface area contributed by atoms with E-state index >= 15 is 8.78 Å². The molecule has 0 aromatic heterocycles. The molecular formula is C29H37F3O. The lowest BCUT2D eigenvalue weighted by Crippen LogP contribution is -2.28. The quantitative estimate of drug-likeness (QED) is 0.340. The molecule has 1 aliphatic carbocycles. The van der Waals surface area contributed by atoms with Crippen LogP contribution in [0.3, 0.4) is 0 Å². The average Bonchev–Trinajstić information content (AvgIpc) is 2.82. The molecule has 0 atom stereocenters. The molecule has 2 aromatic carbocycles. The Labute approximate surface area is 196 Å². The van der Waals surface area contributed by atoms with Crippen LogP contribution >= 0.6 is 0 Å². The van der Waals surface area contributed by atoms with Gasteiger partial charge in [-0.25, -0.2) is 4.39 Å². The van der Waals surface area contributed by atoms with E-state index in [1.165, 1.54) is 44.9 Å². The highest BCUT2D eigenvalue weighted by Crippen LogP contribution is 2.50. The molecule has 33 heavy (non-hydrogen) atoms. The topological polar surface area (TPSA) is 9.23 Å². The number of hydrogen-bond donors (Lipinski definition) is 0. The highest BCUT2D eigenvalue weighted by atomic mass is 19.3. The van der Waals surface area contributed by atoms with Gasteiger partial charge in [-0.3, -0.25) is 0 Å². The van der Waals surface area contributed by atoms with E-state index in [9.17, 15) is 4.39 Å². The van der Waals surface area contributed by atoms with Crippen LogP contribution in [0.25, 0.3) is 11.1 Å². The van der Waals surface area contributed by atoms with Crippen LogP contribution < -0.4 is 4.74 Å². The standard InChI is InChI=1S/C29H37F3O/c1-3-5-7-8-9-20-11-13-21(14-12-20)23-16-17-24-25-18-15-22(10-6-4-2)27(30)28(25)33-29(31,32)26(24)19-23/h15-21H,3-14H2,1-2H3. The summed E-state index contributed by atoms with van der Waals surface area (Å²) in [6, 6.07) is 8.80. The van der Waals surface area contributed by atoms with Crippen molar-refractivity contribution in [3.63, 3.8) is 0 Å². The van der Waals surface area contributed by atoms with E-state index in [1.807, 2.05) is 13.0 Å². The monoisotopic (exact) mass is 458 g/mol. The maximum Gasteiger partial charge on any atom is 0.427 e. The highest BCUT2D eigenvalue weighted by Gasteiger charge is 2.44. The van der Waals surface area contributed by atoms with Crippen LogP contribution in [-0.2, 0) is 12.5 Å². The number of hydrogen-bond acceptors (Lipinski definition) is 1. The molecule has 2 aliphatic rings.